The predicted molar refractivity (Wildman–Crippen MR) is 332 cm³/mol. The SMILES string of the molecule is CC(=O)N[C@H](CC(C)C)C(=O)N[C@@H](CC(C)C)C(=O)N[C@@H](CC(C)C)C(=O)N[C@@H](CC(C)C)C(=O)N[C@@H](CCCN=C(N)N)C(=O)N[C@H](C(=O)N[C@@H](CCCCN)C(=O)N[C@@H](CCCN=C(N)N)C(=O)NCCc1c[nH]c2ccccc12)C(C)C. The molecule has 2 aromatic rings. The summed E-state index contributed by atoms with van der Waals surface area (Å²) in [5, 5.41) is 26.3. The van der Waals surface area contributed by atoms with E-state index in [0.717, 1.165) is 16.5 Å². The summed E-state index contributed by atoms with van der Waals surface area (Å²) < 4.78 is 0. The number of nitrogens with one attached hydrogen (secondary N) is 10. The number of hydrogen-bond donors (Lipinski definition) is 15. The minimum absolute atomic E-state index is 0.0172. The van der Waals surface area contributed by atoms with Gasteiger partial charge >= 0.3 is 0 Å². The molecule has 85 heavy (non-hydrogen) atoms. The first kappa shape index (κ1) is 73.6. The molecule has 0 aliphatic heterocycles. The van der Waals surface area contributed by atoms with Crippen molar-refractivity contribution in [3.63, 3.8) is 0 Å². The molecule has 2 rings (SSSR count). The van der Waals surface area contributed by atoms with Crippen LogP contribution in [-0.2, 0) is 49.6 Å². The van der Waals surface area contributed by atoms with E-state index >= 15 is 0 Å². The van der Waals surface area contributed by atoms with Gasteiger partial charge in [0.1, 0.15) is 48.3 Å². The average molecular weight is 1190 g/mol. The van der Waals surface area contributed by atoms with Crippen molar-refractivity contribution in [1.29, 1.82) is 0 Å². The number of guanidine groups is 2. The van der Waals surface area contributed by atoms with Gasteiger partial charge in [-0.2, -0.15) is 0 Å². The van der Waals surface area contributed by atoms with E-state index in [1.807, 2.05) is 85.9 Å². The molecule has 1 aromatic carbocycles. The van der Waals surface area contributed by atoms with Gasteiger partial charge in [-0.05, 0) is 125 Å². The maximum Gasteiger partial charge on any atom is 0.243 e. The van der Waals surface area contributed by atoms with Crippen molar-refractivity contribution in [2.24, 2.45) is 68.2 Å². The summed E-state index contributed by atoms with van der Waals surface area (Å²) in [7, 11) is 0. The number of amides is 9. The van der Waals surface area contributed by atoms with Crippen LogP contribution in [-0.4, -0.2) is 145 Å². The van der Waals surface area contributed by atoms with Crippen molar-refractivity contribution in [3.05, 3.63) is 36.0 Å². The summed E-state index contributed by atoms with van der Waals surface area (Å²) in [5.41, 5.74) is 30.1. The zero-order chi connectivity index (χ0) is 63.9. The normalized spacial score (nSPS) is 14.2. The number of aliphatic imine (C=N–C) groups is 2. The fourth-order valence-electron chi connectivity index (χ4n) is 9.56. The van der Waals surface area contributed by atoms with Crippen molar-refractivity contribution < 1.29 is 43.2 Å². The molecular formula is C59H103N17O9. The maximum absolute atomic E-state index is 14.5. The molecule has 0 unspecified atom stereocenters. The van der Waals surface area contributed by atoms with E-state index in [-0.39, 0.29) is 100 Å². The third-order valence-corrected chi connectivity index (χ3v) is 13.8. The second kappa shape index (κ2) is 38.4. The molecule has 8 atom stereocenters. The van der Waals surface area contributed by atoms with Crippen LogP contribution >= 0.6 is 0 Å². The number of nitrogens with zero attached hydrogens (tertiary/aromatic N) is 2. The summed E-state index contributed by atoms with van der Waals surface area (Å²) in [4.78, 5) is 137. The lowest BCUT2D eigenvalue weighted by Gasteiger charge is -2.30. The van der Waals surface area contributed by atoms with E-state index in [1.165, 1.54) is 6.92 Å². The van der Waals surface area contributed by atoms with Crippen molar-refractivity contribution in [2.75, 3.05) is 26.2 Å². The number of para-hydroxylation sites is 1. The molecule has 0 saturated carbocycles. The fraction of sp³-hybridized carbons (Fsp3) is 0.678. The summed E-state index contributed by atoms with van der Waals surface area (Å²) in [5.74, 6) is -6.71. The first-order chi connectivity index (χ1) is 40.0. The van der Waals surface area contributed by atoms with Gasteiger partial charge in [-0.3, -0.25) is 53.1 Å². The predicted octanol–water partition coefficient (Wildman–Crippen LogP) is 0.801. The lowest BCUT2D eigenvalue weighted by atomic mass is 9.97. The van der Waals surface area contributed by atoms with E-state index in [4.69, 9.17) is 28.7 Å². The van der Waals surface area contributed by atoms with E-state index in [1.54, 1.807) is 13.8 Å². The zero-order valence-electron chi connectivity index (χ0n) is 52.2. The van der Waals surface area contributed by atoms with Crippen LogP contribution in [0.1, 0.15) is 152 Å². The molecule has 0 aliphatic carbocycles. The van der Waals surface area contributed by atoms with Crippen LogP contribution in [0.2, 0.25) is 0 Å². The lowest BCUT2D eigenvalue weighted by Crippen LogP contribution is -2.61. The molecule has 0 fully saturated rings. The smallest absolute Gasteiger partial charge is 0.243 e. The van der Waals surface area contributed by atoms with Crippen LogP contribution in [0, 0.1) is 29.6 Å². The van der Waals surface area contributed by atoms with Crippen LogP contribution < -0.4 is 76.5 Å². The Morgan fingerprint density at radius 2 is 0.847 bits per heavy atom. The van der Waals surface area contributed by atoms with Gasteiger partial charge in [0.2, 0.25) is 53.2 Å². The third kappa shape index (κ3) is 28.8. The van der Waals surface area contributed by atoms with Gasteiger partial charge in [-0.1, -0.05) is 87.4 Å². The molecule has 0 bridgehead atoms. The number of carbonyl (C=O) groups is 9. The Bertz CT molecular complexity index is 2520. The Hall–Kier alpha value is -7.51. The molecule has 0 spiro atoms. The number of fused-ring (bicyclic) bond motifs is 1. The minimum Gasteiger partial charge on any atom is -0.370 e. The van der Waals surface area contributed by atoms with Crippen LogP contribution in [0.4, 0.5) is 0 Å². The standard InChI is InChI=1S/C59H103N17O9/c1-33(2)28-45(69-38(11)77)53(81)73-47(30-35(5)6)55(83)75-48(31-36(7)8)56(84)74-46(29-34(3)4)54(82)71-44(22-17-26-67-59(63)64)52(80)76-49(37(9)10)57(85)72-43(20-14-15-24-60)51(79)70-42(21-16-25-66-58(61)62)50(78)65-27-23-39-32-68-41-19-13-12-18-40(39)41/h12-13,18-19,32-37,42-49,68H,14-17,20-31,60H2,1-11H3,(H,65,78)(H,69,77)(H,70,79)(H,71,82)(H,72,85)(H,73,81)(H,74,84)(H,75,83)(H,76,80)(H4,61,62,66)(H4,63,64,67)/t42-,43-,44-,45+,46-,47-,48-,49-/m0/s1. The number of unbranched alkanes of at least 4 members (excludes halogenated alkanes) is 1. The molecule has 0 radical (unpaired) electrons. The number of hydrogen-bond acceptors (Lipinski definition) is 12. The number of H-pyrrole nitrogens is 1. The van der Waals surface area contributed by atoms with E-state index in [9.17, 15) is 43.2 Å². The molecule has 26 nitrogen and oxygen atoms in total. The lowest BCUT2D eigenvalue weighted by molar-refractivity contribution is -0.136. The van der Waals surface area contributed by atoms with E-state index in [2.05, 4.69) is 62.8 Å². The average Bonchev–Trinajstić information content (AvgIpc) is 3.65. The molecule has 478 valence electrons. The summed E-state index contributed by atoms with van der Waals surface area (Å²) >= 11 is 0. The van der Waals surface area contributed by atoms with Gasteiger partial charge < -0.3 is 81.5 Å². The second-order valence-corrected chi connectivity index (χ2v) is 24.0. The topological polar surface area (TPSA) is 433 Å². The second-order valence-electron chi connectivity index (χ2n) is 24.0. The van der Waals surface area contributed by atoms with Crippen LogP contribution in [0.15, 0.2) is 40.4 Å². The van der Waals surface area contributed by atoms with Gasteiger partial charge in [0.25, 0.3) is 0 Å². The van der Waals surface area contributed by atoms with Gasteiger partial charge in [0.15, 0.2) is 11.9 Å². The van der Waals surface area contributed by atoms with Gasteiger partial charge in [-0.25, -0.2) is 0 Å². The Morgan fingerprint density at radius 3 is 1.26 bits per heavy atom. The first-order valence-electron chi connectivity index (χ1n) is 30.1. The number of carbonyl (C=O) groups excluding carboxylic acids is 9. The van der Waals surface area contributed by atoms with Crippen LogP contribution in [0.3, 0.4) is 0 Å². The maximum atomic E-state index is 14.5. The van der Waals surface area contributed by atoms with Crippen molar-refractivity contribution >= 4 is 76.0 Å². The third-order valence-electron chi connectivity index (χ3n) is 13.8. The minimum atomic E-state index is -1.30. The highest BCUT2D eigenvalue weighted by Crippen LogP contribution is 2.19. The number of aromatic amines is 1. The van der Waals surface area contributed by atoms with E-state index in [0.29, 0.717) is 38.6 Å². The van der Waals surface area contributed by atoms with Crippen molar-refractivity contribution in [2.45, 2.75) is 202 Å². The van der Waals surface area contributed by atoms with Gasteiger partial charge in [0, 0.05) is 43.7 Å². The van der Waals surface area contributed by atoms with Crippen LogP contribution in [0.25, 0.3) is 10.9 Å². The summed E-state index contributed by atoms with van der Waals surface area (Å²) in [6.45, 7) is 20.5. The van der Waals surface area contributed by atoms with Crippen molar-refractivity contribution in [1.82, 2.24) is 52.8 Å². The largest absolute Gasteiger partial charge is 0.370 e. The molecule has 26 heteroatoms. The highest BCUT2D eigenvalue weighted by atomic mass is 16.2. The van der Waals surface area contributed by atoms with Crippen molar-refractivity contribution in [3.8, 4) is 0 Å². The summed E-state index contributed by atoms with van der Waals surface area (Å²) in [6.07, 6.45) is 4.97. The monoisotopic (exact) mass is 1190 g/mol. The van der Waals surface area contributed by atoms with Gasteiger partial charge in [0.05, 0.1) is 0 Å². The Balaban J connectivity index is 2.43. The van der Waals surface area contributed by atoms with Crippen LogP contribution in [0.5, 0.6) is 0 Å². The van der Waals surface area contributed by atoms with Gasteiger partial charge in [-0.15, -0.1) is 0 Å². The summed E-state index contributed by atoms with van der Waals surface area (Å²) in [6, 6.07) is -1.31. The fourth-order valence-corrected chi connectivity index (χ4v) is 9.56. The zero-order valence-corrected chi connectivity index (χ0v) is 52.2. The molecule has 0 aliphatic rings. The first-order valence-corrected chi connectivity index (χ1v) is 30.1. The molecular weight excluding hydrogens is 1090 g/mol. The Labute approximate surface area is 502 Å². The number of benzene rings is 1. The number of rotatable bonds is 40. The molecule has 9 amide bonds. The number of nitrogens with two attached hydrogens (primary N) is 5. The molecule has 1 aromatic heterocycles. The quantitative estimate of drug-likeness (QED) is 0.0250. The highest BCUT2D eigenvalue weighted by Gasteiger charge is 2.36. The highest BCUT2D eigenvalue weighted by molar-refractivity contribution is 5.98. The molecule has 0 saturated heterocycles. The molecule has 1 heterocycles. The number of aromatic nitrogens is 1. The Kier molecular flexibility index (Phi) is 33.3. The molecule has 20 N–H and O–H groups in total. The Morgan fingerprint density at radius 1 is 0.471 bits per heavy atom. The van der Waals surface area contributed by atoms with E-state index < -0.39 is 107 Å².